The molecule has 1 rings (SSSR count). The third-order valence-electron chi connectivity index (χ3n) is 2.39. The zero-order chi connectivity index (χ0) is 12.7. The highest BCUT2D eigenvalue weighted by atomic mass is 19.4. The maximum absolute atomic E-state index is 12.3. The van der Waals surface area contributed by atoms with Crippen LogP contribution >= 0.6 is 0 Å². The molecule has 96 valence electrons. The zero-order valence-corrected chi connectivity index (χ0v) is 9.77. The molecule has 0 bridgehead atoms. The fourth-order valence-corrected chi connectivity index (χ4v) is 1.44. The van der Waals surface area contributed by atoms with Crippen LogP contribution in [0.5, 0.6) is 0 Å². The van der Waals surface area contributed by atoms with Crippen molar-refractivity contribution in [1.29, 1.82) is 0 Å². The number of hydrogen-bond acceptors (Lipinski definition) is 2. The SMILES string of the molecule is CNCCCCNc1ccc(C(F)(F)F)cc1. The van der Waals surface area contributed by atoms with Crippen LogP contribution < -0.4 is 10.6 Å². The zero-order valence-electron chi connectivity index (χ0n) is 9.77. The van der Waals surface area contributed by atoms with Gasteiger partial charge in [0.1, 0.15) is 0 Å². The van der Waals surface area contributed by atoms with Gasteiger partial charge >= 0.3 is 6.18 Å². The number of unbranched alkanes of at least 4 members (excludes halogenated alkanes) is 1. The van der Waals surface area contributed by atoms with Gasteiger partial charge in [0.2, 0.25) is 0 Å². The first-order valence-electron chi connectivity index (χ1n) is 5.60. The Kier molecular flexibility index (Phi) is 5.28. The summed E-state index contributed by atoms with van der Waals surface area (Å²) in [6.45, 7) is 1.72. The molecule has 0 radical (unpaired) electrons. The molecule has 1 aromatic rings. The third kappa shape index (κ3) is 5.08. The number of halogens is 3. The number of alkyl halides is 3. The minimum atomic E-state index is -4.26. The van der Waals surface area contributed by atoms with Crippen LogP contribution in [0.15, 0.2) is 24.3 Å². The minimum Gasteiger partial charge on any atom is -0.385 e. The Morgan fingerprint density at radius 1 is 1.00 bits per heavy atom. The van der Waals surface area contributed by atoms with Crippen LogP contribution in [0.4, 0.5) is 18.9 Å². The average molecular weight is 246 g/mol. The molecular formula is C12H17F3N2. The van der Waals surface area contributed by atoms with Crippen molar-refractivity contribution < 1.29 is 13.2 Å². The number of benzene rings is 1. The Bertz CT molecular complexity index is 320. The first kappa shape index (κ1) is 13.8. The summed E-state index contributed by atoms with van der Waals surface area (Å²) in [6, 6.07) is 5.10. The fourth-order valence-electron chi connectivity index (χ4n) is 1.44. The van der Waals surface area contributed by atoms with Crippen molar-refractivity contribution in [3.05, 3.63) is 29.8 Å². The van der Waals surface area contributed by atoms with Crippen LogP contribution in [0.25, 0.3) is 0 Å². The van der Waals surface area contributed by atoms with E-state index < -0.39 is 11.7 Å². The van der Waals surface area contributed by atoms with Crippen LogP contribution in [0, 0.1) is 0 Å². The van der Waals surface area contributed by atoms with Gasteiger partial charge in [0.05, 0.1) is 5.56 Å². The molecule has 0 amide bonds. The van der Waals surface area contributed by atoms with Crippen molar-refractivity contribution in [2.45, 2.75) is 19.0 Å². The van der Waals surface area contributed by atoms with Crippen molar-refractivity contribution >= 4 is 5.69 Å². The lowest BCUT2D eigenvalue weighted by Gasteiger charge is -2.09. The summed E-state index contributed by atoms with van der Waals surface area (Å²) in [6.07, 6.45) is -2.22. The Labute approximate surface area is 99.2 Å². The highest BCUT2D eigenvalue weighted by Gasteiger charge is 2.29. The summed E-state index contributed by atoms with van der Waals surface area (Å²) in [5.74, 6) is 0. The first-order chi connectivity index (χ1) is 8.04. The molecule has 0 heterocycles. The normalized spacial score (nSPS) is 11.5. The smallest absolute Gasteiger partial charge is 0.385 e. The Hall–Kier alpha value is -1.23. The van der Waals surface area contributed by atoms with Gasteiger partial charge in [0.25, 0.3) is 0 Å². The van der Waals surface area contributed by atoms with Crippen molar-refractivity contribution in [2.75, 3.05) is 25.5 Å². The summed E-state index contributed by atoms with van der Waals surface area (Å²) in [5.41, 5.74) is 0.112. The molecule has 17 heavy (non-hydrogen) atoms. The van der Waals surface area contributed by atoms with E-state index in [0.717, 1.165) is 43.8 Å². The lowest BCUT2D eigenvalue weighted by molar-refractivity contribution is -0.137. The van der Waals surface area contributed by atoms with Gasteiger partial charge in [-0.2, -0.15) is 13.2 Å². The molecular weight excluding hydrogens is 229 g/mol. The second-order valence-electron chi connectivity index (χ2n) is 3.81. The van der Waals surface area contributed by atoms with E-state index >= 15 is 0 Å². The van der Waals surface area contributed by atoms with E-state index in [0.29, 0.717) is 0 Å². The number of rotatable bonds is 6. The molecule has 0 aliphatic carbocycles. The van der Waals surface area contributed by atoms with Crippen molar-refractivity contribution in [1.82, 2.24) is 5.32 Å². The van der Waals surface area contributed by atoms with Gasteiger partial charge < -0.3 is 10.6 Å². The molecule has 2 nitrogen and oxygen atoms in total. The van der Waals surface area contributed by atoms with E-state index in [2.05, 4.69) is 10.6 Å². The Morgan fingerprint density at radius 3 is 2.12 bits per heavy atom. The van der Waals surface area contributed by atoms with Crippen LogP contribution in [0.1, 0.15) is 18.4 Å². The van der Waals surface area contributed by atoms with Gasteiger partial charge in [-0.3, -0.25) is 0 Å². The van der Waals surface area contributed by atoms with Gasteiger partial charge in [-0.05, 0) is 50.7 Å². The van der Waals surface area contributed by atoms with E-state index in [9.17, 15) is 13.2 Å². The lowest BCUT2D eigenvalue weighted by atomic mass is 10.2. The van der Waals surface area contributed by atoms with Crippen LogP contribution in [0.2, 0.25) is 0 Å². The molecule has 0 unspecified atom stereocenters. The molecule has 0 fully saturated rings. The molecule has 0 atom stereocenters. The maximum atomic E-state index is 12.3. The third-order valence-corrected chi connectivity index (χ3v) is 2.39. The van der Waals surface area contributed by atoms with Crippen molar-refractivity contribution in [3.8, 4) is 0 Å². The Morgan fingerprint density at radius 2 is 1.59 bits per heavy atom. The fraction of sp³-hybridized carbons (Fsp3) is 0.500. The summed E-state index contributed by atoms with van der Waals surface area (Å²) < 4.78 is 36.9. The van der Waals surface area contributed by atoms with Gasteiger partial charge in [-0.1, -0.05) is 0 Å². The number of anilines is 1. The largest absolute Gasteiger partial charge is 0.416 e. The predicted molar refractivity (Wildman–Crippen MR) is 63.1 cm³/mol. The highest BCUT2D eigenvalue weighted by Crippen LogP contribution is 2.29. The summed E-state index contributed by atoms with van der Waals surface area (Å²) in [4.78, 5) is 0. The van der Waals surface area contributed by atoms with E-state index in [4.69, 9.17) is 0 Å². The van der Waals surface area contributed by atoms with E-state index in [1.807, 2.05) is 7.05 Å². The Balaban J connectivity index is 2.36. The van der Waals surface area contributed by atoms with Crippen LogP contribution in [-0.2, 0) is 6.18 Å². The van der Waals surface area contributed by atoms with Crippen LogP contribution in [0.3, 0.4) is 0 Å². The number of nitrogens with one attached hydrogen (secondary N) is 2. The molecule has 0 aliphatic rings. The molecule has 2 N–H and O–H groups in total. The summed E-state index contributed by atoms with van der Waals surface area (Å²) in [5, 5.41) is 6.12. The second kappa shape index (κ2) is 6.49. The summed E-state index contributed by atoms with van der Waals surface area (Å²) in [7, 11) is 1.89. The molecule has 1 aromatic carbocycles. The van der Waals surface area contributed by atoms with Crippen molar-refractivity contribution in [2.24, 2.45) is 0 Å². The minimum absolute atomic E-state index is 0.613. The number of hydrogen-bond donors (Lipinski definition) is 2. The first-order valence-corrected chi connectivity index (χ1v) is 5.60. The van der Waals surface area contributed by atoms with Gasteiger partial charge in [0, 0.05) is 12.2 Å². The molecule has 0 aliphatic heterocycles. The van der Waals surface area contributed by atoms with Crippen molar-refractivity contribution in [3.63, 3.8) is 0 Å². The lowest BCUT2D eigenvalue weighted by Crippen LogP contribution is -2.10. The quantitative estimate of drug-likeness (QED) is 0.754. The molecule has 0 saturated heterocycles. The predicted octanol–water partition coefficient (Wildman–Crippen LogP) is 3.12. The monoisotopic (exact) mass is 246 g/mol. The van der Waals surface area contributed by atoms with E-state index in [1.165, 1.54) is 12.1 Å². The topological polar surface area (TPSA) is 24.1 Å². The summed E-state index contributed by atoms with van der Waals surface area (Å²) >= 11 is 0. The second-order valence-corrected chi connectivity index (χ2v) is 3.81. The van der Waals surface area contributed by atoms with Gasteiger partial charge in [-0.25, -0.2) is 0 Å². The molecule has 0 aromatic heterocycles. The highest BCUT2D eigenvalue weighted by molar-refractivity contribution is 5.44. The molecule has 0 spiro atoms. The standard InChI is InChI=1S/C12H17F3N2/c1-16-8-2-3-9-17-11-6-4-10(5-7-11)12(13,14)15/h4-7,16-17H,2-3,8-9H2,1H3. The molecule has 5 heteroatoms. The average Bonchev–Trinajstić information content (AvgIpc) is 2.28. The molecule has 0 saturated carbocycles. The van der Waals surface area contributed by atoms with Gasteiger partial charge in [-0.15, -0.1) is 0 Å². The van der Waals surface area contributed by atoms with Gasteiger partial charge in [0.15, 0.2) is 0 Å². The van der Waals surface area contributed by atoms with E-state index in [1.54, 1.807) is 0 Å². The maximum Gasteiger partial charge on any atom is 0.416 e. The van der Waals surface area contributed by atoms with Crippen LogP contribution in [-0.4, -0.2) is 20.1 Å². The van der Waals surface area contributed by atoms with E-state index in [-0.39, 0.29) is 0 Å².